The molecule has 1 aromatic rings. The lowest BCUT2D eigenvalue weighted by Gasteiger charge is -2.45. The third-order valence-corrected chi connectivity index (χ3v) is 5.34. The van der Waals surface area contributed by atoms with Gasteiger partial charge in [0.2, 0.25) is 5.91 Å². The number of carbonyl (C=O) groups excluding carboxylic acids is 2. The molecule has 3 rings (SSSR count). The summed E-state index contributed by atoms with van der Waals surface area (Å²) in [6.07, 6.45) is 2.09. The third kappa shape index (κ3) is 3.23. The highest BCUT2D eigenvalue weighted by atomic mass is 19.2. The fraction of sp³-hybridized carbons (Fsp3) is 0.529. The summed E-state index contributed by atoms with van der Waals surface area (Å²) in [7, 11) is 0. The average molecular weight is 371 g/mol. The van der Waals surface area contributed by atoms with Crippen molar-refractivity contribution in [1.29, 1.82) is 0 Å². The Labute approximate surface area is 148 Å². The average Bonchev–Trinajstić information content (AvgIpc) is 2.90. The summed E-state index contributed by atoms with van der Waals surface area (Å²) >= 11 is 0. The van der Waals surface area contributed by atoms with Gasteiger partial charge in [0.15, 0.2) is 17.3 Å². The molecule has 1 saturated carbocycles. The molecule has 1 aliphatic heterocycles. The predicted molar refractivity (Wildman–Crippen MR) is 87.2 cm³/mol. The smallest absolute Gasteiger partial charge is 0.317 e. The fourth-order valence-corrected chi connectivity index (χ4v) is 3.65. The van der Waals surface area contributed by atoms with Crippen LogP contribution in [-0.2, 0) is 4.79 Å². The minimum absolute atomic E-state index is 0.0563. The van der Waals surface area contributed by atoms with Crippen molar-refractivity contribution < 1.29 is 27.9 Å². The van der Waals surface area contributed by atoms with E-state index in [1.165, 1.54) is 11.0 Å². The van der Waals surface area contributed by atoms with Gasteiger partial charge in [-0.2, -0.15) is 0 Å². The zero-order chi connectivity index (χ0) is 18.9. The largest absolute Gasteiger partial charge is 0.393 e. The maximum absolute atomic E-state index is 14.9. The van der Waals surface area contributed by atoms with Crippen LogP contribution < -0.4 is 10.6 Å². The molecule has 2 aliphatic rings. The van der Waals surface area contributed by atoms with E-state index in [-0.39, 0.29) is 18.8 Å². The van der Waals surface area contributed by atoms with Crippen LogP contribution in [0.25, 0.3) is 0 Å². The standard InChI is InChI=1S/C17H20F3N3O3/c18-12-3-2-11(6-13(12)19)22-14(25)7-21-15(26)23-8-16(4-1-5-16)17(20,9-23)10-24/h2-3,6,24H,1,4-5,7-10H2,(H,21,26)(H,22,25). The van der Waals surface area contributed by atoms with Gasteiger partial charge in [-0.15, -0.1) is 0 Å². The van der Waals surface area contributed by atoms with Crippen LogP contribution >= 0.6 is 0 Å². The number of halogens is 3. The first-order valence-electron chi connectivity index (χ1n) is 8.36. The van der Waals surface area contributed by atoms with Gasteiger partial charge in [0.1, 0.15) is 0 Å². The Morgan fingerprint density at radius 3 is 2.46 bits per heavy atom. The molecule has 1 aromatic carbocycles. The molecule has 9 heteroatoms. The van der Waals surface area contributed by atoms with Crippen molar-refractivity contribution in [2.75, 3.05) is 31.6 Å². The molecule has 1 atom stereocenters. The van der Waals surface area contributed by atoms with Crippen molar-refractivity contribution in [1.82, 2.24) is 10.2 Å². The Bertz CT molecular complexity index is 715. The fourth-order valence-electron chi connectivity index (χ4n) is 3.65. The normalized spacial score (nSPS) is 23.6. The maximum atomic E-state index is 14.9. The molecule has 0 aromatic heterocycles. The van der Waals surface area contributed by atoms with Crippen LogP contribution in [-0.4, -0.2) is 53.9 Å². The number of rotatable bonds is 4. The number of amides is 3. The second-order valence-corrected chi connectivity index (χ2v) is 6.95. The SMILES string of the molecule is O=C(CNC(=O)N1CC(F)(CO)C2(CCC2)C1)Nc1ccc(F)c(F)c1. The molecule has 0 bridgehead atoms. The van der Waals surface area contributed by atoms with Gasteiger partial charge >= 0.3 is 6.03 Å². The van der Waals surface area contributed by atoms with E-state index in [9.17, 15) is 27.9 Å². The number of aliphatic hydroxyl groups excluding tert-OH is 1. The molecule has 1 heterocycles. The summed E-state index contributed by atoms with van der Waals surface area (Å²) in [6, 6.07) is 2.29. The number of urea groups is 1. The van der Waals surface area contributed by atoms with Gasteiger partial charge in [-0.1, -0.05) is 6.42 Å². The molecule has 0 radical (unpaired) electrons. The minimum atomic E-state index is -1.82. The number of benzene rings is 1. The van der Waals surface area contributed by atoms with E-state index < -0.39 is 47.8 Å². The van der Waals surface area contributed by atoms with Crippen LogP contribution in [0.15, 0.2) is 18.2 Å². The first-order valence-corrected chi connectivity index (χ1v) is 8.36. The first-order chi connectivity index (χ1) is 12.3. The quantitative estimate of drug-likeness (QED) is 0.755. The molecule has 3 amide bonds. The van der Waals surface area contributed by atoms with E-state index in [4.69, 9.17) is 0 Å². The van der Waals surface area contributed by atoms with Crippen LogP contribution in [0.3, 0.4) is 0 Å². The summed E-state index contributed by atoms with van der Waals surface area (Å²) in [5.74, 6) is -2.76. The van der Waals surface area contributed by atoms with Gasteiger partial charge in [0.25, 0.3) is 0 Å². The highest BCUT2D eigenvalue weighted by Gasteiger charge is 2.62. The molecule has 1 spiro atoms. The zero-order valence-corrected chi connectivity index (χ0v) is 14.0. The number of hydrogen-bond donors (Lipinski definition) is 3. The minimum Gasteiger partial charge on any atom is -0.393 e. The molecular weight excluding hydrogens is 351 g/mol. The first kappa shape index (κ1) is 18.5. The van der Waals surface area contributed by atoms with Gasteiger partial charge < -0.3 is 20.6 Å². The zero-order valence-electron chi connectivity index (χ0n) is 14.0. The van der Waals surface area contributed by atoms with Crippen LogP contribution in [0.2, 0.25) is 0 Å². The lowest BCUT2D eigenvalue weighted by atomic mass is 9.61. The highest BCUT2D eigenvalue weighted by molar-refractivity contribution is 5.94. The number of nitrogens with zero attached hydrogens (tertiary/aromatic N) is 1. The summed E-state index contributed by atoms with van der Waals surface area (Å²) < 4.78 is 40.9. The number of carbonyl (C=O) groups is 2. The van der Waals surface area contributed by atoms with E-state index in [1.807, 2.05) is 0 Å². The lowest BCUT2D eigenvalue weighted by Crippen LogP contribution is -2.50. The Hall–Kier alpha value is -2.29. The summed E-state index contributed by atoms with van der Waals surface area (Å²) in [5.41, 5.74) is -2.47. The van der Waals surface area contributed by atoms with Crippen molar-refractivity contribution in [3.8, 4) is 0 Å². The Morgan fingerprint density at radius 2 is 1.92 bits per heavy atom. The van der Waals surface area contributed by atoms with Gasteiger partial charge in [-0.25, -0.2) is 18.0 Å². The van der Waals surface area contributed by atoms with Crippen LogP contribution in [0.1, 0.15) is 19.3 Å². The molecule has 26 heavy (non-hydrogen) atoms. The monoisotopic (exact) mass is 371 g/mol. The summed E-state index contributed by atoms with van der Waals surface area (Å²) in [5, 5.41) is 14.1. The van der Waals surface area contributed by atoms with Crippen LogP contribution in [0, 0.1) is 17.0 Å². The van der Waals surface area contributed by atoms with Crippen molar-refractivity contribution in [2.24, 2.45) is 5.41 Å². The summed E-state index contributed by atoms with van der Waals surface area (Å²) in [6.45, 7) is -1.08. The molecule has 6 nitrogen and oxygen atoms in total. The van der Waals surface area contributed by atoms with Gasteiger partial charge in [-0.05, 0) is 25.0 Å². The lowest BCUT2D eigenvalue weighted by molar-refractivity contribution is -0.115. The maximum Gasteiger partial charge on any atom is 0.317 e. The Kier molecular flexibility index (Phi) is 4.83. The topological polar surface area (TPSA) is 81.7 Å². The highest BCUT2D eigenvalue weighted by Crippen LogP contribution is 2.55. The van der Waals surface area contributed by atoms with Crippen molar-refractivity contribution in [2.45, 2.75) is 24.9 Å². The van der Waals surface area contributed by atoms with Crippen molar-refractivity contribution >= 4 is 17.6 Å². The second kappa shape index (κ2) is 6.79. The molecule has 2 fully saturated rings. The van der Waals surface area contributed by atoms with Crippen LogP contribution in [0.4, 0.5) is 23.7 Å². The van der Waals surface area contributed by atoms with Crippen molar-refractivity contribution in [3.05, 3.63) is 29.8 Å². The van der Waals surface area contributed by atoms with E-state index in [0.717, 1.165) is 18.6 Å². The second-order valence-electron chi connectivity index (χ2n) is 6.95. The van der Waals surface area contributed by atoms with E-state index in [1.54, 1.807) is 0 Å². The number of hydrogen-bond acceptors (Lipinski definition) is 3. The Balaban J connectivity index is 1.52. The van der Waals surface area contributed by atoms with E-state index >= 15 is 0 Å². The summed E-state index contributed by atoms with van der Waals surface area (Å²) in [4.78, 5) is 25.3. The number of anilines is 1. The number of alkyl halides is 1. The van der Waals surface area contributed by atoms with Crippen LogP contribution in [0.5, 0.6) is 0 Å². The number of likely N-dealkylation sites (tertiary alicyclic amines) is 1. The molecule has 1 unspecified atom stereocenters. The predicted octanol–water partition coefficient (Wildman–Crippen LogP) is 1.80. The van der Waals surface area contributed by atoms with E-state index in [0.29, 0.717) is 12.8 Å². The van der Waals surface area contributed by atoms with Gasteiger partial charge in [0, 0.05) is 23.7 Å². The molecule has 3 N–H and O–H groups in total. The molecule has 1 saturated heterocycles. The van der Waals surface area contributed by atoms with Gasteiger partial charge in [-0.3, -0.25) is 4.79 Å². The Morgan fingerprint density at radius 1 is 1.19 bits per heavy atom. The number of nitrogens with one attached hydrogen (secondary N) is 2. The molecule has 142 valence electrons. The van der Waals surface area contributed by atoms with Gasteiger partial charge in [0.05, 0.1) is 19.7 Å². The molecule has 1 aliphatic carbocycles. The number of aliphatic hydroxyl groups is 1. The van der Waals surface area contributed by atoms with E-state index in [2.05, 4.69) is 10.6 Å². The van der Waals surface area contributed by atoms with Crippen molar-refractivity contribution in [3.63, 3.8) is 0 Å². The third-order valence-electron chi connectivity index (χ3n) is 5.34. The molecular formula is C17H20F3N3O3.